The average molecular weight is 207 g/mol. The molecule has 0 aliphatic carbocycles. The first-order chi connectivity index (χ1) is 6.39. The molecular weight excluding hydrogens is 186 g/mol. The Hall–Kier alpha value is -0.603. The van der Waals surface area contributed by atoms with E-state index in [9.17, 15) is 0 Å². The van der Waals surface area contributed by atoms with Crippen molar-refractivity contribution in [2.45, 2.75) is 39.0 Å². The molecule has 1 atom stereocenters. The summed E-state index contributed by atoms with van der Waals surface area (Å²) in [7, 11) is -1.13. The first kappa shape index (κ1) is 11.5. The average Bonchev–Trinajstić information content (AvgIpc) is 2.02. The molecule has 1 unspecified atom stereocenters. The summed E-state index contributed by atoms with van der Waals surface area (Å²) in [5, 5.41) is 1.52. The van der Waals surface area contributed by atoms with Gasteiger partial charge in [-0.2, -0.15) is 0 Å². The van der Waals surface area contributed by atoms with Crippen LogP contribution in [-0.4, -0.2) is 14.1 Å². The third-order valence-electron chi connectivity index (χ3n) is 2.38. The highest BCUT2D eigenvalue weighted by Gasteiger charge is 2.15. The molecule has 0 fully saturated rings. The fourth-order valence-electron chi connectivity index (χ4n) is 1.51. The van der Waals surface area contributed by atoms with Crippen LogP contribution in [0.3, 0.4) is 0 Å². The quantitative estimate of drug-likeness (QED) is 0.755. The van der Waals surface area contributed by atoms with Crippen molar-refractivity contribution < 1.29 is 0 Å². The standard InChI is InChI=1S/C12H21NSi/c1-10(13)9-11-5-7-12(8-6-11)14(2,3)4/h5-8,10H,9,13H2,1-4H3. The molecule has 0 heterocycles. The van der Waals surface area contributed by atoms with Crippen LogP contribution in [0.15, 0.2) is 24.3 Å². The molecule has 0 aliphatic rings. The van der Waals surface area contributed by atoms with Gasteiger partial charge in [0.15, 0.2) is 0 Å². The van der Waals surface area contributed by atoms with E-state index in [-0.39, 0.29) is 6.04 Å². The molecule has 0 radical (unpaired) electrons. The molecule has 1 aromatic carbocycles. The zero-order valence-corrected chi connectivity index (χ0v) is 10.7. The summed E-state index contributed by atoms with van der Waals surface area (Å²) in [5.74, 6) is 0. The van der Waals surface area contributed by atoms with E-state index in [0.717, 1.165) is 6.42 Å². The van der Waals surface area contributed by atoms with Crippen LogP contribution in [0.5, 0.6) is 0 Å². The second kappa shape index (κ2) is 4.28. The van der Waals surface area contributed by atoms with Gasteiger partial charge in [-0.3, -0.25) is 0 Å². The van der Waals surface area contributed by atoms with Crippen molar-refractivity contribution in [3.05, 3.63) is 29.8 Å². The predicted molar refractivity (Wildman–Crippen MR) is 66.8 cm³/mol. The lowest BCUT2D eigenvalue weighted by atomic mass is 10.1. The van der Waals surface area contributed by atoms with Crippen LogP contribution in [0.2, 0.25) is 19.6 Å². The lowest BCUT2D eigenvalue weighted by molar-refractivity contribution is 0.738. The summed E-state index contributed by atoms with van der Waals surface area (Å²) < 4.78 is 0. The topological polar surface area (TPSA) is 26.0 Å². The normalized spacial score (nSPS) is 14.1. The minimum atomic E-state index is -1.13. The second-order valence-corrected chi connectivity index (χ2v) is 10.2. The monoisotopic (exact) mass is 207 g/mol. The Morgan fingerprint density at radius 1 is 1.14 bits per heavy atom. The highest BCUT2D eigenvalue weighted by molar-refractivity contribution is 6.88. The van der Waals surface area contributed by atoms with Crippen molar-refractivity contribution >= 4 is 13.3 Å². The molecule has 2 N–H and O–H groups in total. The molecule has 1 nitrogen and oxygen atoms in total. The van der Waals surface area contributed by atoms with E-state index in [1.54, 1.807) is 0 Å². The molecule has 0 amide bonds. The van der Waals surface area contributed by atoms with Crippen molar-refractivity contribution in [1.29, 1.82) is 0 Å². The zero-order valence-electron chi connectivity index (χ0n) is 9.67. The Balaban J connectivity index is 2.79. The minimum Gasteiger partial charge on any atom is -0.328 e. The summed E-state index contributed by atoms with van der Waals surface area (Å²) >= 11 is 0. The number of benzene rings is 1. The van der Waals surface area contributed by atoms with E-state index in [1.165, 1.54) is 10.8 Å². The molecule has 0 aliphatic heterocycles. The Morgan fingerprint density at radius 3 is 2.00 bits per heavy atom. The minimum absolute atomic E-state index is 0.257. The first-order valence-electron chi connectivity index (χ1n) is 5.24. The van der Waals surface area contributed by atoms with Crippen molar-refractivity contribution in [2.24, 2.45) is 5.73 Å². The van der Waals surface area contributed by atoms with Crippen LogP contribution < -0.4 is 10.9 Å². The summed E-state index contributed by atoms with van der Waals surface area (Å²) in [6, 6.07) is 9.23. The fraction of sp³-hybridized carbons (Fsp3) is 0.500. The predicted octanol–water partition coefficient (Wildman–Crippen LogP) is 2.12. The Bertz CT molecular complexity index is 282. The van der Waals surface area contributed by atoms with Gasteiger partial charge in [0, 0.05) is 6.04 Å². The first-order valence-corrected chi connectivity index (χ1v) is 8.74. The van der Waals surface area contributed by atoms with Gasteiger partial charge in [-0.25, -0.2) is 0 Å². The maximum absolute atomic E-state index is 5.76. The maximum atomic E-state index is 5.76. The Morgan fingerprint density at radius 2 is 1.64 bits per heavy atom. The van der Waals surface area contributed by atoms with Gasteiger partial charge >= 0.3 is 0 Å². The molecule has 14 heavy (non-hydrogen) atoms. The highest BCUT2D eigenvalue weighted by atomic mass is 28.3. The lowest BCUT2D eigenvalue weighted by Crippen LogP contribution is -2.37. The van der Waals surface area contributed by atoms with Gasteiger partial charge < -0.3 is 5.73 Å². The van der Waals surface area contributed by atoms with Crippen LogP contribution in [-0.2, 0) is 6.42 Å². The van der Waals surface area contributed by atoms with Gasteiger partial charge in [0.2, 0.25) is 0 Å². The summed E-state index contributed by atoms with van der Waals surface area (Å²) in [6.07, 6.45) is 0.978. The van der Waals surface area contributed by atoms with Crippen molar-refractivity contribution in [1.82, 2.24) is 0 Å². The molecule has 1 rings (SSSR count). The molecule has 0 saturated carbocycles. The van der Waals surface area contributed by atoms with E-state index in [0.29, 0.717) is 0 Å². The van der Waals surface area contributed by atoms with Crippen LogP contribution >= 0.6 is 0 Å². The lowest BCUT2D eigenvalue weighted by Gasteiger charge is -2.17. The van der Waals surface area contributed by atoms with Crippen LogP contribution in [0, 0.1) is 0 Å². The van der Waals surface area contributed by atoms with Crippen molar-refractivity contribution in [3.63, 3.8) is 0 Å². The zero-order chi connectivity index (χ0) is 10.8. The van der Waals surface area contributed by atoms with E-state index in [4.69, 9.17) is 5.73 Å². The van der Waals surface area contributed by atoms with Gasteiger partial charge in [0.1, 0.15) is 0 Å². The maximum Gasteiger partial charge on any atom is 0.0775 e. The van der Waals surface area contributed by atoms with E-state index < -0.39 is 8.07 Å². The summed E-state index contributed by atoms with van der Waals surface area (Å²) in [4.78, 5) is 0. The molecule has 2 heteroatoms. The molecule has 0 spiro atoms. The van der Waals surface area contributed by atoms with Gasteiger partial charge in [-0.05, 0) is 18.9 Å². The number of nitrogens with two attached hydrogens (primary N) is 1. The molecule has 1 aromatic rings. The fourth-order valence-corrected chi connectivity index (χ4v) is 2.68. The van der Waals surface area contributed by atoms with E-state index in [2.05, 4.69) is 43.9 Å². The number of hydrogen-bond acceptors (Lipinski definition) is 1. The Labute approximate surface area is 88.3 Å². The molecular formula is C12H21NSi. The number of rotatable bonds is 3. The Kier molecular flexibility index (Phi) is 3.51. The summed E-state index contributed by atoms with van der Waals surface area (Å²) in [5.41, 5.74) is 7.11. The van der Waals surface area contributed by atoms with Crippen LogP contribution in [0.25, 0.3) is 0 Å². The van der Waals surface area contributed by atoms with Gasteiger partial charge in [0.05, 0.1) is 8.07 Å². The third-order valence-corrected chi connectivity index (χ3v) is 4.44. The van der Waals surface area contributed by atoms with Crippen LogP contribution in [0.1, 0.15) is 12.5 Å². The largest absolute Gasteiger partial charge is 0.328 e. The van der Waals surface area contributed by atoms with Crippen molar-refractivity contribution in [3.8, 4) is 0 Å². The summed E-state index contributed by atoms with van der Waals surface area (Å²) in [6.45, 7) is 9.15. The molecule has 0 bridgehead atoms. The van der Waals surface area contributed by atoms with Crippen molar-refractivity contribution in [2.75, 3.05) is 0 Å². The highest BCUT2D eigenvalue weighted by Crippen LogP contribution is 2.05. The van der Waals surface area contributed by atoms with Gasteiger partial charge in [-0.15, -0.1) is 0 Å². The molecule has 0 saturated heterocycles. The third kappa shape index (κ3) is 3.27. The van der Waals surface area contributed by atoms with Crippen LogP contribution in [0.4, 0.5) is 0 Å². The smallest absolute Gasteiger partial charge is 0.0775 e. The van der Waals surface area contributed by atoms with E-state index in [1.807, 2.05) is 6.92 Å². The van der Waals surface area contributed by atoms with Gasteiger partial charge in [-0.1, -0.05) is 49.1 Å². The second-order valence-electron chi connectivity index (χ2n) is 5.13. The molecule has 78 valence electrons. The van der Waals surface area contributed by atoms with Gasteiger partial charge in [0.25, 0.3) is 0 Å². The molecule has 0 aromatic heterocycles. The SMILES string of the molecule is CC(N)Cc1ccc([Si](C)(C)C)cc1. The van der Waals surface area contributed by atoms with E-state index >= 15 is 0 Å². The number of hydrogen-bond donors (Lipinski definition) is 1.